The van der Waals surface area contributed by atoms with E-state index in [0.29, 0.717) is 36.5 Å². The van der Waals surface area contributed by atoms with Crippen molar-refractivity contribution in [2.75, 3.05) is 20.7 Å². The number of amides is 2. The number of aromatic nitrogens is 2. The highest BCUT2D eigenvalue weighted by molar-refractivity contribution is 6.08. The van der Waals surface area contributed by atoms with Gasteiger partial charge in [0.05, 0.1) is 30.5 Å². The van der Waals surface area contributed by atoms with Gasteiger partial charge in [-0.05, 0) is 24.3 Å². The number of pyridine rings is 1. The zero-order chi connectivity index (χ0) is 19.0. The zero-order valence-corrected chi connectivity index (χ0v) is 15.2. The van der Waals surface area contributed by atoms with Gasteiger partial charge in [-0.2, -0.15) is 0 Å². The highest BCUT2D eigenvalue weighted by Crippen LogP contribution is 2.30. The third kappa shape index (κ3) is 2.71. The van der Waals surface area contributed by atoms with Gasteiger partial charge in [0.2, 0.25) is 0 Å². The summed E-state index contributed by atoms with van der Waals surface area (Å²) in [5.41, 5.74) is 2.68. The van der Waals surface area contributed by atoms with Crippen LogP contribution in [0.2, 0.25) is 0 Å². The minimum atomic E-state index is -0.173. The summed E-state index contributed by atoms with van der Waals surface area (Å²) in [6.45, 7) is 1.47. The van der Waals surface area contributed by atoms with Crippen molar-refractivity contribution in [1.29, 1.82) is 0 Å². The van der Waals surface area contributed by atoms with Crippen LogP contribution >= 0.6 is 0 Å². The zero-order valence-electron chi connectivity index (χ0n) is 15.2. The predicted octanol–water partition coefficient (Wildman–Crippen LogP) is 2.06. The molecule has 0 aliphatic carbocycles. The van der Waals surface area contributed by atoms with E-state index in [1.807, 2.05) is 28.8 Å². The Morgan fingerprint density at radius 2 is 1.96 bits per heavy atom. The van der Waals surface area contributed by atoms with Crippen LogP contribution in [-0.2, 0) is 13.1 Å². The number of nitrogens with one attached hydrogen (secondary N) is 1. The predicted molar refractivity (Wildman–Crippen MR) is 101 cm³/mol. The molecule has 2 amide bonds. The summed E-state index contributed by atoms with van der Waals surface area (Å²) < 4.78 is 7.36. The lowest BCUT2D eigenvalue weighted by Gasteiger charge is -2.29. The van der Waals surface area contributed by atoms with Crippen molar-refractivity contribution in [2.45, 2.75) is 13.1 Å². The Labute approximate surface area is 156 Å². The minimum Gasteiger partial charge on any atom is -0.496 e. The third-order valence-corrected chi connectivity index (χ3v) is 4.94. The summed E-state index contributed by atoms with van der Waals surface area (Å²) >= 11 is 0. The summed E-state index contributed by atoms with van der Waals surface area (Å²) in [7, 11) is 3.16. The number of rotatable bonds is 3. The maximum atomic E-state index is 13.1. The lowest BCUT2D eigenvalue weighted by molar-refractivity contribution is 0.0705. The molecule has 0 fully saturated rings. The molecule has 0 bridgehead atoms. The van der Waals surface area contributed by atoms with Crippen LogP contribution in [-0.4, -0.2) is 47.0 Å². The van der Waals surface area contributed by atoms with Crippen molar-refractivity contribution in [3.05, 3.63) is 59.4 Å². The molecule has 2 aromatic heterocycles. The number of para-hydroxylation sites is 1. The van der Waals surface area contributed by atoms with Gasteiger partial charge < -0.3 is 19.5 Å². The Morgan fingerprint density at radius 1 is 1.15 bits per heavy atom. The first-order valence-electron chi connectivity index (χ1n) is 8.76. The largest absolute Gasteiger partial charge is 0.496 e. The molecule has 1 aromatic carbocycles. The molecule has 0 spiro atoms. The van der Waals surface area contributed by atoms with Crippen LogP contribution in [0.4, 0.5) is 0 Å². The number of ether oxygens (including phenoxy) is 1. The number of hydrogen-bond acceptors (Lipinski definition) is 4. The van der Waals surface area contributed by atoms with Crippen LogP contribution < -0.4 is 10.1 Å². The summed E-state index contributed by atoms with van der Waals surface area (Å²) in [5, 5.41) is 3.50. The lowest BCUT2D eigenvalue weighted by Crippen LogP contribution is -2.39. The van der Waals surface area contributed by atoms with Crippen molar-refractivity contribution in [2.24, 2.45) is 0 Å². The van der Waals surface area contributed by atoms with E-state index >= 15 is 0 Å². The van der Waals surface area contributed by atoms with Crippen LogP contribution in [0.1, 0.15) is 26.4 Å². The highest BCUT2D eigenvalue weighted by Gasteiger charge is 2.30. The van der Waals surface area contributed by atoms with Gasteiger partial charge in [0.25, 0.3) is 11.8 Å². The minimum absolute atomic E-state index is 0.111. The highest BCUT2D eigenvalue weighted by atomic mass is 16.5. The number of benzene rings is 1. The van der Waals surface area contributed by atoms with E-state index in [2.05, 4.69) is 10.3 Å². The average Bonchev–Trinajstić information content (AvgIpc) is 3.06. The molecule has 7 nitrogen and oxygen atoms in total. The normalized spacial score (nSPS) is 13.3. The van der Waals surface area contributed by atoms with Crippen molar-refractivity contribution in [3.8, 4) is 5.75 Å². The lowest BCUT2D eigenvalue weighted by atomic mass is 10.1. The monoisotopic (exact) mass is 364 g/mol. The summed E-state index contributed by atoms with van der Waals surface area (Å²) in [5.74, 6) is 0.259. The van der Waals surface area contributed by atoms with Crippen LogP contribution in [0.25, 0.3) is 11.0 Å². The van der Waals surface area contributed by atoms with E-state index in [1.165, 1.54) is 0 Å². The van der Waals surface area contributed by atoms with Gasteiger partial charge in [-0.15, -0.1) is 0 Å². The molecule has 4 rings (SSSR count). The Balaban J connectivity index is 1.77. The van der Waals surface area contributed by atoms with Crippen LogP contribution in [0.5, 0.6) is 5.75 Å². The van der Waals surface area contributed by atoms with Gasteiger partial charge in [0, 0.05) is 31.7 Å². The fourth-order valence-electron chi connectivity index (χ4n) is 3.65. The summed E-state index contributed by atoms with van der Waals surface area (Å²) in [6, 6.07) is 10.9. The topological polar surface area (TPSA) is 76.5 Å². The smallest absolute Gasteiger partial charge is 0.258 e. The SMILES string of the molecule is CNC(=O)c1c2n(c3ncccc13)CCN(C(=O)c1ccccc1OC)C2. The first-order valence-corrected chi connectivity index (χ1v) is 8.76. The molecule has 1 aliphatic rings. The summed E-state index contributed by atoms with van der Waals surface area (Å²) in [4.78, 5) is 31.8. The molecule has 3 aromatic rings. The molecule has 0 atom stereocenters. The van der Waals surface area contributed by atoms with Gasteiger partial charge in [0.1, 0.15) is 11.4 Å². The summed E-state index contributed by atoms with van der Waals surface area (Å²) in [6.07, 6.45) is 1.72. The molecule has 0 radical (unpaired) electrons. The Kier molecular flexibility index (Phi) is 4.27. The second-order valence-corrected chi connectivity index (χ2v) is 6.35. The standard InChI is InChI=1S/C20H20N4O3/c1-21-19(25)17-14-7-5-9-22-18(14)24-11-10-23(12-15(17)24)20(26)13-6-3-4-8-16(13)27-2/h3-9H,10-12H2,1-2H3,(H,21,25). The molecule has 27 heavy (non-hydrogen) atoms. The number of methoxy groups -OCH3 is 1. The Bertz CT molecular complexity index is 1040. The Hall–Kier alpha value is -3.35. The average molecular weight is 364 g/mol. The third-order valence-electron chi connectivity index (χ3n) is 4.94. The van der Waals surface area contributed by atoms with Gasteiger partial charge in [-0.3, -0.25) is 9.59 Å². The van der Waals surface area contributed by atoms with E-state index in [9.17, 15) is 9.59 Å². The molecule has 1 aliphatic heterocycles. The van der Waals surface area contributed by atoms with E-state index in [-0.39, 0.29) is 11.8 Å². The van der Waals surface area contributed by atoms with E-state index < -0.39 is 0 Å². The van der Waals surface area contributed by atoms with E-state index in [1.54, 1.807) is 37.4 Å². The first-order chi connectivity index (χ1) is 13.2. The fraction of sp³-hybridized carbons (Fsp3) is 0.250. The second kappa shape index (κ2) is 6.75. The quantitative estimate of drug-likeness (QED) is 0.772. The molecular weight excluding hydrogens is 344 g/mol. The molecular formula is C20H20N4O3. The number of hydrogen-bond donors (Lipinski definition) is 1. The first kappa shape index (κ1) is 17.1. The number of carbonyl (C=O) groups excluding carboxylic acids is 2. The number of nitrogens with zero attached hydrogens (tertiary/aromatic N) is 3. The molecule has 0 unspecified atom stereocenters. The number of carbonyl (C=O) groups is 2. The molecule has 3 heterocycles. The van der Waals surface area contributed by atoms with Crippen molar-refractivity contribution < 1.29 is 14.3 Å². The molecule has 0 saturated carbocycles. The van der Waals surface area contributed by atoms with Gasteiger partial charge in [-0.1, -0.05) is 12.1 Å². The molecule has 1 N–H and O–H groups in total. The van der Waals surface area contributed by atoms with Crippen LogP contribution in [0.15, 0.2) is 42.6 Å². The van der Waals surface area contributed by atoms with Crippen molar-refractivity contribution in [3.63, 3.8) is 0 Å². The Morgan fingerprint density at radius 3 is 2.74 bits per heavy atom. The van der Waals surface area contributed by atoms with Gasteiger partial charge in [0.15, 0.2) is 0 Å². The fourth-order valence-corrected chi connectivity index (χ4v) is 3.65. The van der Waals surface area contributed by atoms with Crippen molar-refractivity contribution >= 4 is 22.8 Å². The van der Waals surface area contributed by atoms with Crippen molar-refractivity contribution in [1.82, 2.24) is 19.8 Å². The molecule has 138 valence electrons. The molecule has 0 saturated heterocycles. The van der Waals surface area contributed by atoms with E-state index in [4.69, 9.17) is 4.74 Å². The molecule has 7 heteroatoms. The van der Waals surface area contributed by atoms with Gasteiger partial charge >= 0.3 is 0 Å². The van der Waals surface area contributed by atoms with E-state index in [0.717, 1.165) is 16.7 Å². The second-order valence-electron chi connectivity index (χ2n) is 6.35. The maximum Gasteiger partial charge on any atom is 0.258 e. The van der Waals surface area contributed by atoms with Gasteiger partial charge in [-0.25, -0.2) is 4.98 Å². The van der Waals surface area contributed by atoms with Crippen LogP contribution in [0, 0.1) is 0 Å². The number of fused-ring (bicyclic) bond motifs is 3. The maximum absolute atomic E-state index is 13.1. The van der Waals surface area contributed by atoms with Crippen LogP contribution in [0.3, 0.4) is 0 Å².